The molecule has 0 saturated carbocycles. The molecule has 0 saturated heterocycles. The van der Waals surface area contributed by atoms with Crippen LogP contribution in [0.1, 0.15) is 35.8 Å². The minimum atomic E-state index is -4.11. The molecule has 1 aromatic heterocycles. The molecule has 1 aromatic rings. The molecule has 0 aliphatic heterocycles. The lowest BCUT2D eigenvalue weighted by atomic mass is 10.2. The van der Waals surface area contributed by atoms with Crippen molar-refractivity contribution in [3.05, 3.63) is 15.6 Å². The summed E-state index contributed by atoms with van der Waals surface area (Å²) in [6, 6.07) is 0. The smallest absolute Gasteiger partial charge is 0.330 e. The topological polar surface area (TPSA) is 34.1 Å². The van der Waals surface area contributed by atoms with Crippen LogP contribution in [0.5, 0.6) is 0 Å². The molecule has 1 rings (SSSR count). The van der Waals surface area contributed by atoms with Crippen molar-refractivity contribution in [3.8, 4) is 0 Å². The summed E-state index contributed by atoms with van der Waals surface area (Å²) < 4.78 is 54.1. The molecule has 21 heavy (non-hydrogen) atoms. The Labute approximate surface area is 125 Å². The first-order chi connectivity index (χ1) is 9.90. The zero-order valence-electron chi connectivity index (χ0n) is 12.1. The maximum absolute atomic E-state index is 12.7. The Kier molecular flexibility index (Phi) is 7.55. The van der Waals surface area contributed by atoms with Crippen molar-refractivity contribution in [1.29, 1.82) is 0 Å². The molecular formula is C13H20F4N2OS. The average molecular weight is 328 g/mol. The Hall–Kier alpha value is -0.730. The normalized spacial score (nSPS) is 12.3. The zero-order chi connectivity index (χ0) is 15.9. The van der Waals surface area contributed by atoms with Crippen molar-refractivity contribution < 1.29 is 22.3 Å². The SMILES string of the molecule is CCCc1nc(COCC(F)(F)C(F)F)sc1CNCC. The van der Waals surface area contributed by atoms with E-state index in [0.29, 0.717) is 11.6 Å². The largest absolute Gasteiger partial charge is 0.368 e. The first kappa shape index (κ1) is 18.3. The summed E-state index contributed by atoms with van der Waals surface area (Å²) in [6.07, 6.45) is -1.99. The van der Waals surface area contributed by atoms with Crippen LogP contribution in [0.3, 0.4) is 0 Å². The van der Waals surface area contributed by atoms with Crippen molar-refractivity contribution in [1.82, 2.24) is 10.3 Å². The summed E-state index contributed by atoms with van der Waals surface area (Å²) in [7, 11) is 0. The van der Waals surface area contributed by atoms with E-state index in [0.717, 1.165) is 30.0 Å². The van der Waals surface area contributed by atoms with Gasteiger partial charge in [-0.15, -0.1) is 11.3 Å². The highest BCUT2D eigenvalue weighted by Gasteiger charge is 2.41. The van der Waals surface area contributed by atoms with Gasteiger partial charge in [0.2, 0.25) is 0 Å². The second-order valence-corrected chi connectivity index (χ2v) is 5.73. The van der Waals surface area contributed by atoms with Gasteiger partial charge in [-0.25, -0.2) is 13.8 Å². The van der Waals surface area contributed by atoms with E-state index in [4.69, 9.17) is 4.74 Å². The lowest BCUT2D eigenvalue weighted by molar-refractivity contribution is -0.168. The number of hydrogen-bond donors (Lipinski definition) is 1. The number of hydrogen-bond acceptors (Lipinski definition) is 4. The van der Waals surface area contributed by atoms with Gasteiger partial charge >= 0.3 is 12.3 Å². The van der Waals surface area contributed by atoms with Crippen molar-refractivity contribution in [2.75, 3.05) is 13.2 Å². The summed E-state index contributed by atoms with van der Waals surface area (Å²) in [5.41, 5.74) is 0.919. The van der Waals surface area contributed by atoms with Gasteiger partial charge in [-0.2, -0.15) is 8.78 Å². The molecule has 1 N–H and O–H groups in total. The maximum Gasteiger partial charge on any atom is 0.330 e. The second-order valence-electron chi connectivity index (χ2n) is 4.56. The molecular weight excluding hydrogens is 308 g/mol. The number of nitrogens with zero attached hydrogens (tertiary/aromatic N) is 1. The van der Waals surface area contributed by atoms with Gasteiger partial charge in [-0.1, -0.05) is 20.3 Å². The first-order valence-corrected chi connectivity index (χ1v) is 7.64. The molecule has 0 fully saturated rings. The van der Waals surface area contributed by atoms with E-state index in [1.165, 1.54) is 11.3 Å². The number of aromatic nitrogens is 1. The first-order valence-electron chi connectivity index (χ1n) is 6.82. The predicted molar refractivity (Wildman–Crippen MR) is 74.1 cm³/mol. The van der Waals surface area contributed by atoms with Gasteiger partial charge in [0.1, 0.15) is 11.6 Å². The number of aryl methyl sites for hydroxylation is 1. The lowest BCUT2D eigenvalue weighted by Gasteiger charge is -2.14. The summed E-state index contributed by atoms with van der Waals surface area (Å²) in [4.78, 5) is 5.38. The van der Waals surface area contributed by atoms with E-state index in [1.54, 1.807) is 0 Å². The second kappa shape index (κ2) is 8.65. The fraction of sp³-hybridized carbons (Fsp3) is 0.769. The van der Waals surface area contributed by atoms with Crippen LogP contribution in [-0.2, 0) is 24.3 Å². The van der Waals surface area contributed by atoms with Crippen molar-refractivity contribution in [2.24, 2.45) is 0 Å². The molecule has 0 aliphatic rings. The fourth-order valence-corrected chi connectivity index (χ4v) is 2.67. The highest BCUT2D eigenvalue weighted by atomic mass is 32.1. The third kappa shape index (κ3) is 5.88. The molecule has 0 bridgehead atoms. The van der Waals surface area contributed by atoms with Crippen LogP contribution in [-0.4, -0.2) is 30.5 Å². The molecule has 1 heterocycles. The van der Waals surface area contributed by atoms with Crippen LogP contribution < -0.4 is 5.32 Å². The molecule has 0 unspecified atom stereocenters. The Morgan fingerprint density at radius 1 is 1.33 bits per heavy atom. The van der Waals surface area contributed by atoms with E-state index < -0.39 is 19.0 Å². The standard InChI is InChI=1S/C13H20F4N2OS/c1-3-5-9-10(6-18-4-2)21-11(19-9)7-20-8-13(16,17)12(14)15/h12,18H,3-8H2,1-2H3. The van der Waals surface area contributed by atoms with Crippen LogP contribution in [0.25, 0.3) is 0 Å². The minimum absolute atomic E-state index is 0.171. The molecule has 0 aromatic carbocycles. The van der Waals surface area contributed by atoms with Gasteiger partial charge in [0, 0.05) is 11.4 Å². The van der Waals surface area contributed by atoms with Crippen molar-refractivity contribution in [3.63, 3.8) is 0 Å². The average Bonchev–Trinajstić information content (AvgIpc) is 2.78. The van der Waals surface area contributed by atoms with Crippen LogP contribution in [0.4, 0.5) is 17.6 Å². The van der Waals surface area contributed by atoms with Crippen molar-refractivity contribution >= 4 is 11.3 Å². The molecule has 8 heteroatoms. The Balaban J connectivity index is 2.58. The van der Waals surface area contributed by atoms with Crippen LogP contribution in [0, 0.1) is 0 Å². The monoisotopic (exact) mass is 328 g/mol. The zero-order valence-corrected chi connectivity index (χ0v) is 12.9. The summed E-state index contributed by atoms with van der Waals surface area (Å²) >= 11 is 1.37. The minimum Gasteiger partial charge on any atom is -0.368 e. The molecule has 3 nitrogen and oxygen atoms in total. The van der Waals surface area contributed by atoms with Gasteiger partial charge in [0.25, 0.3) is 0 Å². The summed E-state index contributed by atoms with van der Waals surface area (Å²) in [5, 5.41) is 3.72. The molecule has 122 valence electrons. The summed E-state index contributed by atoms with van der Waals surface area (Å²) in [5.74, 6) is -4.11. The van der Waals surface area contributed by atoms with Gasteiger partial charge in [0.15, 0.2) is 0 Å². The molecule has 0 amide bonds. The molecule has 0 atom stereocenters. The summed E-state index contributed by atoms with van der Waals surface area (Å²) in [6.45, 7) is 4.02. The van der Waals surface area contributed by atoms with Gasteiger partial charge in [-0.05, 0) is 13.0 Å². The highest BCUT2D eigenvalue weighted by Crippen LogP contribution is 2.25. The third-order valence-electron chi connectivity index (χ3n) is 2.68. The maximum atomic E-state index is 12.7. The fourth-order valence-electron chi connectivity index (χ4n) is 1.64. The van der Waals surface area contributed by atoms with E-state index in [9.17, 15) is 17.6 Å². The lowest BCUT2D eigenvalue weighted by Crippen LogP contribution is -2.32. The van der Waals surface area contributed by atoms with Crippen LogP contribution in [0.2, 0.25) is 0 Å². The molecule has 0 spiro atoms. The number of alkyl halides is 4. The number of ether oxygens (including phenoxy) is 1. The van der Waals surface area contributed by atoms with Crippen LogP contribution in [0.15, 0.2) is 0 Å². The van der Waals surface area contributed by atoms with E-state index >= 15 is 0 Å². The molecule has 0 radical (unpaired) electrons. The van der Waals surface area contributed by atoms with E-state index in [1.807, 2.05) is 13.8 Å². The Morgan fingerprint density at radius 3 is 2.62 bits per heavy atom. The van der Waals surface area contributed by atoms with E-state index in [2.05, 4.69) is 10.3 Å². The van der Waals surface area contributed by atoms with Gasteiger partial charge in [0.05, 0.1) is 12.3 Å². The number of thiazole rings is 1. The van der Waals surface area contributed by atoms with Crippen molar-refractivity contribution in [2.45, 2.75) is 52.2 Å². The number of halogens is 4. The van der Waals surface area contributed by atoms with Crippen LogP contribution >= 0.6 is 11.3 Å². The molecule has 0 aliphatic carbocycles. The van der Waals surface area contributed by atoms with Gasteiger partial charge in [-0.3, -0.25) is 0 Å². The quantitative estimate of drug-likeness (QED) is 0.666. The van der Waals surface area contributed by atoms with Gasteiger partial charge < -0.3 is 10.1 Å². The Bertz CT molecular complexity index is 426. The Morgan fingerprint density at radius 2 is 2.05 bits per heavy atom. The number of nitrogens with one attached hydrogen (secondary N) is 1. The third-order valence-corrected chi connectivity index (χ3v) is 3.76. The number of rotatable bonds is 10. The predicted octanol–water partition coefficient (Wildman–Crippen LogP) is 3.62. The highest BCUT2D eigenvalue weighted by molar-refractivity contribution is 7.11. The van der Waals surface area contributed by atoms with E-state index in [-0.39, 0.29) is 6.61 Å².